The van der Waals surface area contributed by atoms with Crippen molar-refractivity contribution >= 4 is 11.9 Å². The topological polar surface area (TPSA) is 67.9 Å². The van der Waals surface area contributed by atoms with Crippen LogP contribution >= 0.6 is 0 Å². The van der Waals surface area contributed by atoms with E-state index in [4.69, 9.17) is 9.47 Å². The summed E-state index contributed by atoms with van der Waals surface area (Å²) < 4.78 is 10.7. The highest BCUT2D eigenvalue weighted by molar-refractivity contribution is 6.08. The van der Waals surface area contributed by atoms with Crippen molar-refractivity contribution in [2.45, 2.75) is 32.4 Å². The average molecular weight is 332 g/mol. The fourth-order valence-electron chi connectivity index (χ4n) is 3.32. The second-order valence-electron chi connectivity index (χ2n) is 6.92. The molecule has 2 aliphatic heterocycles. The van der Waals surface area contributed by atoms with Crippen LogP contribution in [0, 0.1) is 0 Å². The number of amides is 1. The zero-order valence-corrected chi connectivity index (χ0v) is 14.4. The fraction of sp³-hybridized carbons (Fsp3) is 0.556. The second-order valence-corrected chi connectivity index (χ2v) is 6.92. The van der Waals surface area contributed by atoms with Gasteiger partial charge in [0.25, 0.3) is 5.91 Å². The largest absolute Gasteiger partial charge is 0.451 e. The minimum absolute atomic E-state index is 0.0168. The van der Waals surface area contributed by atoms with Gasteiger partial charge in [-0.2, -0.15) is 0 Å². The van der Waals surface area contributed by atoms with E-state index in [9.17, 15) is 9.59 Å². The van der Waals surface area contributed by atoms with Crippen molar-refractivity contribution in [3.63, 3.8) is 0 Å². The predicted octanol–water partition coefficient (Wildman–Crippen LogP) is 1.54. The number of esters is 1. The molecule has 1 aromatic carbocycles. The van der Waals surface area contributed by atoms with E-state index in [-0.39, 0.29) is 11.9 Å². The molecule has 1 saturated heterocycles. The number of hydrogen-bond donors (Lipinski definition) is 1. The highest BCUT2D eigenvalue weighted by atomic mass is 16.6. The molecule has 0 spiro atoms. The van der Waals surface area contributed by atoms with Crippen LogP contribution in [-0.2, 0) is 15.1 Å². The van der Waals surface area contributed by atoms with Crippen LogP contribution in [0.4, 0.5) is 0 Å². The van der Waals surface area contributed by atoms with Gasteiger partial charge >= 0.3 is 5.97 Å². The van der Waals surface area contributed by atoms with Gasteiger partial charge in [-0.25, -0.2) is 4.79 Å². The normalized spacial score (nSPS) is 21.0. The molecule has 3 rings (SSSR count). The molecule has 1 N–H and O–H groups in total. The number of rotatable bonds is 4. The summed E-state index contributed by atoms with van der Waals surface area (Å²) >= 11 is 0. The van der Waals surface area contributed by atoms with E-state index in [1.54, 1.807) is 12.1 Å². The Balaban J connectivity index is 1.72. The van der Waals surface area contributed by atoms with E-state index in [0.29, 0.717) is 11.1 Å². The van der Waals surface area contributed by atoms with Crippen LogP contribution in [0.3, 0.4) is 0 Å². The third-order valence-electron chi connectivity index (χ3n) is 4.52. The van der Waals surface area contributed by atoms with Crippen LogP contribution in [0.1, 0.15) is 47.1 Å². The maximum absolute atomic E-state index is 12.7. The Morgan fingerprint density at radius 2 is 2.04 bits per heavy atom. The first kappa shape index (κ1) is 16.9. The molecule has 1 aromatic rings. The first-order valence-corrected chi connectivity index (χ1v) is 8.36. The zero-order chi connectivity index (χ0) is 17.3. The van der Waals surface area contributed by atoms with Crippen molar-refractivity contribution in [2.75, 3.05) is 32.8 Å². The molecule has 24 heavy (non-hydrogen) atoms. The SMILES string of the molecule is C[C@H](CN1CCOCC1)NC(=O)c1cccc2c1C(=O)OC2(C)C. The zero-order valence-electron chi connectivity index (χ0n) is 14.4. The highest BCUT2D eigenvalue weighted by Crippen LogP contribution is 2.37. The number of carbonyl (C=O) groups excluding carboxylic acids is 2. The molecule has 0 saturated carbocycles. The van der Waals surface area contributed by atoms with Gasteiger partial charge < -0.3 is 14.8 Å². The summed E-state index contributed by atoms with van der Waals surface area (Å²) in [6.45, 7) is 9.61. The van der Waals surface area contributed by atoms with Crippen LogP contribution < -0.4 is 5.32 Å². The van der Waals surface area contributed by atoms with E-state index >= 15 is 0 Å². The number of morpholine rings is 1. The summed E-state index contributed by atoms with van der Waals surface area (Å²) in [7, 11) is 0. The minimum atomic E-state index is -0.692. The van der Waals surface area contributed by atoms with E-state index in [1.807, 2.05) is 26.8 Å². The Labute approximate surface area is 142 Å². The number of hydrogen-bond acceptors (Lipinski definition) is 5. The molecule has 2 aliphatic rings. The predicted molar refractivity (Wildman–Crippen MR) is 89.1 cm³/mol. The molecule has 1 atom stereocenters. The fourth-order valence-corrected chi connectivity index (χ4v) is 3.32. The van der Waals surface area contributed by atoms with Crippen LogP contribution in [0.2, 0.25) is 0 Å². The van der Waals surface area contributed by atoms with E-state index < -0.39 is 11.6 Å². The number of nitrogens with one attached hydrogen (secondary N) is 1. The van der Waals surface area contributed by atoms with Gasteiger partial charge in [-0.3, -0.25) is 9.69 Å². The maximum Gasteiger partial charge on any atom is 0.340 e. The minimum Gasteiger partial charge on any atom is -0.451 e. The molecule has 130 valence electrons. The van der Waals surface area contributed by atoms with Crippen LogP contribution in [0.5, 0.6) is 0 Å². The molecule has 1 fully saturated rings. The molecule has 2 heterocycles. The van der Waals surface area contributed by atoms with Crippen molar-refractivity contribution in [1.82, 2.24) is 10.2 Å². The van der Waals surface area contributed by atoms with Crippen molar-refractivity contribution in [3.8, 4) is 0 Å². The standard InChI is InChI=1S/C18H24N2O4/c1-12(11-20-7-9-23-10-8-20)19-16(21)13-5-4-6-14-15(13)17(22)24-18(14,2)3/h4-6,12H,7-11H2,1-3H3,(H,19,21)/t12-/m1/s1. The third kappa shape index (κ3) is 3.30. The Kier molecular flexibility index (Phi) is 4.60. The first-order valence-electron chi connectivity index (χ1n) is 8.36. The molecule has 0 radical (unpaired) electrons. The quantitative estimate of drug-likeness (QED) is 0.847. The Bertz CT molecular complexity index is 650. The molecule has 0 bridgehead atoms. The van der Waals surface area contributed by atoms with Crippen molar-refractivity contribution < 1.29 is 19.1 Å². The lowest BCUT2D eigenvalue weighted by Gasteiger charge is -2.29. The lowest BCUT2D eigenvalue weighted by molar-refractivity contribution is 0.00944. The lowest BCUT2D eigenvalue weighted by Crippen LogP contribution is -2.46. The van der Waals surface area contributed by atoms with Crippen LogP contribution in [-0.4, -0.2) is 55.7 Å². The van der Waals surface area contributed by atoms with E-state index in [2.05, 4.69) is 10.2 Å². The first-order chi connectivity index (χ1) is 11.4. The Morgan fingerprint density at radius 1 is 1.33 bits per heavy atom. The van der Waals surface area contributed by atoms with Gasteiger partial charge in [0.2, 0.25) is 0 Å². The molecule has 0 aromatic heterocycles. The van der Waals surface area contributed by atoms with Crippen molar-refractivity contribution in [2.24, 2.45) is 0 Å². The summed E-state index contributed by atoms with van der Waals surface area (Å²) in [5.74, 6) is -0.663. The van der Waals surface area contributed by atoms with Crippen molar-refractivity contribution in [3.05, 3.63) is 34.9 Å². The second kappa shape index (κ2) is 6.53. The van der Waals surface area contributed by atoms with Gasteiger partial charge in [0.15, 0.2) is 0 Å². The van der Waals surface area contributed by atoms with Crippen molar-refractivity contribution in [1.29, 1.82) is 0 Å². The molecular formula is C18H24N2O4. The molecule has 6 nitrogen and oxygen atoms in total. The number of ether oxygens (including phenoxy) is 2. The number of fused-ring (bicyclic) bond motifs is 1. The number of nitrogens with zero attached hydrogens (tertiary/aromatic N) is 1. The van der Waals surface area contributed by atoms with Gasteiger partial charge in [0.05, 0.1) is 24.3 Å². The smallest absolute Gasteiger partial charge is 0.340 e. The average Bonchev–Trinajstić information content (AvgIpc) is 2.77. The number of cyclic esters (lactones) is 1. The number of carbonyl (C=O) groups is 2. The monoisotopic (exact) mass is 332 g/mol. The van der Waals surface area contributed by atoms with Crippen LogP contribution in [0.25, 0.3) is 0 Å². The molecule has 0 unspecified atom stereocenters. The molecular weight excluding hydrogens is 308 g/mol. The lowest BCUT2D eigenvalue weighted by atomic mass is 9.92. The van der Waals surface area contributed by atoms with Crippen LogP contribution in [0.15, 0.2) is 18.2 Å². The van der Waals surface area contributed by atoms with Gasteiger partial charge in [-0.1, -0.05) is 12.1 Å². The highest BCUT2D eigenvalue weighted by Gasteiger charge is 2.40. The Morgan fingerprint density at radius 3 is 2.75 bits per heavy atom. The van der Waals surface area contributed by atoms with E-state index in [1.165, 1.54) is 0 Å². The van der Waals surface area contributed by atoms with E-state index in [0.717, 1.165) is 38.4 Å². The molecule has 0 aliphatic carbocycles. The van der Waals surface area contributed by atoms with Gasteiger partial charge in [-0.05, 0) is 26.8 Å². The summed E-state index contributed by atoms with van der Waals surface area (Å²) in [5.41, 5.74) is 0.846. The summed E-state index contributed by atoms with van der Waals surface area (Å²) in [4.78, 5) is 27.1. The van der Waals surface area contributed by atoms with Gasteiger partial charge in [0, 0.05) is 31.2 Å². The number of benzene rings is 1. The molecule has 6 heteroatoms. The van der Waals surface area contributed by atoms with Gasteiger partial charge in [0.1, 0.15) is 5.60 Å². The summed E-state index contributed by atoms with van der Waals surface area (Å²) in [6.07, 6.45) is 0. The molecule has 1 amide bonds. The summed E-state index contributed by atoms with van der Waals surface area (Å²) in [5, 5.41) is 2.99. The third-order valence-corrected chi connectivity index (χ3v) is 4.52. The van der Waals surface area contributed by atoms with Gasteiger partial charge in [-0.15, -0.1) is 0 Å². The maximum atomic E-state index is 12.7. The summed E-state index contributed by atoms with van der Waals surface area (Å²) in [6, 6.07) is 5.30. The Hall–Kier alpha value is -1.92.